The second kappa shape index (κ2) is 5.49. The molecule has 21 heavy (non-hydrogen) atoms. The van der Waals surface area contributed by atoms with Gasteiger partial charge in [-0.05, 0) is 25.1 Å². The first-order valence-electron chi connectivity index (χ1n) is 6.46. The van der Waals surface area contributed by atoms with E-state index in [4.69, 9.17) is 0 Å². The number of amides is 1. The Kier molecular flexibility index (Phi) is 3.53. The molecule has 5 nitrogen and oxygen atoms in total. The minimum Gasteiger partial charge on any atom is -0.327 e. The van der Waals surface area contributed by atoms with E-state index >= 15 is 0 Å². The molecule has 0 bridgehead atoms. The van der Waals surface area contributed by atoms with Crippen LogP contribution in [0.3, 0.4) is 0 Å². The lowest BCUT2D eigenvalue weighted by molar-refractivity contribution is 0.0992. The van der Waals surface area contributed by atoms with Crippen LogP contribution >= 0.6 is 11.3 Å². The van der Waals surface area contributed by atoms with Crippen LogP contribution in [0.25, 0.3) is 5.69 Å². The van der Waals surface area contributed by atoms with Gasteiger partial charge in [0.15, 0.2) is 10.5 Å². The fourth-order valence-electron chi connectivity index (χ4n) is 1.99. The highest BCUT2D eigenvalue weighted by Gasteiger charge is 2.12. The predicted octanol–water partition coefficient (Wildman–Crippen LogP) is 2.32. The van der Waals surface area contributed by atoms with Gasteiger partial charge in [-0.3, -0.25) is 4.79 Å². The van der Waals surface area contributed by atoms with Gasteiger partial charge in [0, 0.05) is 24.3 Å². The van der Waals surface area contributed by atoms with Gasteiger partial charge in [0.1, 0.15) is 0 Å². The molecule has 3 rings (SSSR count). The summed E-state index contributed by atoms with van der Waals surface area (Å²) in [4.78, 5) is 17.0. The molecule has 0 unspecified atom stereocenters. The van der Waals surface area contributed by atoms with Gasteiger partial charge in [-0.2, -0.15) is 10.1 Å². The fraction of sp³-hybridized carbons (Fsp3) is 0.133. The van der Waals surface area contributed by atoms with Crippen LogP contribution in [0.4, 0.5) is 0 Å². The molecule has 0 spiro atoms. The highest BCUT2D eigenvalue weighted by atomic mass is 32.1. The number of nitrogens with zero attached hydrogens (tertiary/aromatic N) is 4. The largest absolute Gasteiger partial charge is 0.327 e. The molecule has 1 aromatic carbocycles. The first kappa shape index (κ1) is 13.5. The van der Waals surface area contributed by atoms with E-state index < -0.39 is 0 Å². The highest BCUT2D eigenvalue weighted by Crippen LogP contribution is 2.12. The van der Waals surface area contributed by atoms with Crippen LogP contribution in [0.15, 0.2) is 53.0 Å². The summed E-state index contributed by atoms with van der Waals surface area (Å²) in [5.41, 5.74) is 2.18. The smallest absolute Gasteiger partial charge is 0.300 e. The van der Waals surface area contributed by atoms with E-state index in [-0.39, 0.29) is 5.91 Å². The molecule has 2 heterocycles. The molecule has 0 N–H and O–H groups in total. The van der Waals surface area contributed by atoms with E-state index in [1.54, 1.807) is 10.7 Å². The fourth-order valence-corrected chi connectivity index (χ4v) is 2.72. The van der Waals surface area contributed by atoms with Crippen LogP contribution in [-0.4, -0.2) is 20.3 Å². The van der Waals surface area contributed by atoms with Crippen molar-refractivity contribution in [2.75, 3.05) is 0 Å². The molecule has 106 valence electrons. The van der Waals surface area contributed by atoms with Crippen LogP contribution < -0.4 is 4.80 Å². The maximum atomic E-state index is 12.2. The molecule has 0 aliphatic carbocycles. The lowest BCUT2D eigenvalue weighted by Gasteiger charge is -2.02. The standard InChI is InChI=1S/C15H14N4OS/c1-11-10-13(14(20)16-15-18(2)8-9-21-15)17-19(11)12-6-4-3-5-7-12/h3-10H,1-2H3. The molecular formula is C15H14N4OS. The van der Waals surface area contributed by atoms with Gasteiger partial charge >= 0.3 is 0 Å². The first-order chi connectivity index (χ1) is 10.1. The Bertz CT molecular complexity index is 842. The Balaban J connectivity index is 1.98. The van der Waals surface area contributed by atoms with E-state index in [1.807, 2.05) is 60.4 Å². The minimum absolute atomic E-state index is 0.328. The third-order valence-corrected chi connectivity index (χ3v) is 3.91. The van der Waals surface area contributed by atoms with Crippen molar-refractivity contribution in [2.45, 2.75) is 6.92 Å². The zero-order valence-electron chi connectivity index (χ0n) is 11.7. The van der Waals surface area contributed by atoms with Crippen LogP contribution in [0.1, 0.15) is 16.2 Å². The molecule has 1 amide bonds. The van der Waals surface area contributed by atoms with Crippen molar-refractivity contribution >= 4 is 17.2 Å². The Hall–Kier alpha value is -2.47. The lowest BCUT2D eigenvalue weighted by atomic mass is 10.3. The van der Waals surface area contributed by atoms with Crippen molar-refractivity contribution in [3.8, 4) is 5.69 Å². The molecule has 0 fully saturated rings. The third-order valence-electron chi connectivity index (χ3n) is 3.06. The maximum absolute atomic E-state index is 12.2. The number of para-hydroxylation sites is 1. The Morgan fingerprint density at radius 2 is 2.05 bits per heavy atom. The van der Waals surface area contributed by atoms with Gasteiger partial charge < -0.3 is 4.57 Å². The van der Waals surface area contributed by atoms with E-state index in [9.17, 15) is 4.79 Å². The summed E-state index contributed by atoms with van der Waals surface area (Å²) in [6, 6.07) is 11.5. The average Bonchev–Trinajstić information content (AvgIpc) is 3.07. The van der Waals surface area contributed by atoms with Gasteiger partial charge in [0.05, 0.1) is 5.69 Å². The molecule has 6 heteroatoms. The van der Waals surface area contributed by atoms with Crippen molar-refractivity contribution in [3.05, 3.63) is 64.2 Å². The minimum atomic E-state index is -0.328. The number of hydrogen-bond donors (Lipinski definition) is 0. The van der Waals surface area contributed by atoms with Gasteiger partial charge in [0.25, 0.3) is 5.91 Å². The SMILES string of the molecule is Cc1cc(C(=O)N=c2sccn2C)nn1-c1ccccc1. The van der Waals surface area contributed by atoms with E-state index in [2.05, 4.69) is 10.1 Å². The molecule has 2 aromatic heterocycles. The highest BCUT2D eigenvalue weighted by molar-refractivity contribution is 7.07. The predicted molar refractivity (Wildman–Crippen MR) is 81.5 cm³/mol. The van der Waals surface area contributed by atoms with Crippen molar-refractivity contribution in [3.63, 3.8) is 0 Å². The summed E-state index contributed by atoms with van der Waals surface area (Å²) in [6.07, 6.45) is 1.87. The van der Waals surface area contributed by atoms with Gasteiger partial charge in [-0.25, -0.2) is 4.68 Å². The van der Waals surface area contributed by atoms with Crippen molar-refractivity contribution < 1.29 is 4.79 Å². The molecule has 0 saturated carbocycles. The molecule has 0 radical (unpaired) electrons. The third kappa shape index (κ3) is 2.71. The lowest BCUT2D eigenvalue weighted by Crippen LogP contribution is -2.13. The number of hydrogen-bond acceptors (Lipinski definition) is 3. The van der Waals surface area contributed by atoms with E-state index in [0.717, 1.165) is 11.4 Å². The summed E-state index contributed by atoms with van der Waals surface area (Å²) in [5.74, 6) is -0.328. The van der Waals surface area contributed by atoms with Gasteiger partial charge in [-0.15, -0.1) is 11.3 Å². The van der Waals surface area contributed by atoms with Crippen LogP contribution in [0.2, 0.25) is 0 Å². The van der Waals surface area contributed by atoms with E-state index in [1.165, 1.54) is 11.3 Å². The molecule has 0 aliphatic rings. The van der Waals surface area contributed by atoms with Crippen LogP contribution in [0.5, 0.6) is 0 Å². The molecule has 0 atom stereocenters. The van der Waals surface area contributed by atoms with Crippen LogP contribution in [0, 0.1) is 6.92 Å². The van der Waals surface area contributed by atoms with Gasteiger partial charge in [-0.1, -0.05) is 18.2 Å². The zero-order chi connectivity index (χ0) is 14.8. The van der Waals surface area contributed by atoms with Crippen molar-refractivity contribution in [1.29, 1.82) is 0 Å². The second-order valence-corrected chi connectivity index (χ2v) is 5.50. The first-order valence-corrected chi connectivity index (χ1v) is 7.34. The summed E-state index contributed by atoms with van der Waals surface area (Å²) in [6.45, 7) is 1.92. The van der Waals surface area contributed by atoms with E-state index in [0.29, 0.717) is 10.5 Å². The number of carbonyl (C=O) groups is 1. The summed E-state index contributed by atoms with van der Waals surface area (Å²) in [7, 11) is 1.86. The number of thiazole rings is 1. The molecular weight excluding hydrogens is 284 g/mol. The summed E-state index contributed by atoms with van der Waals surface area (Å²) >= 11 is 1.42. The Labute approximate surface area is 125 Å². The van der Waals surface area contributed by atoms with Crippen LogP contribution in [-0.2, 0) is 7.05 Å². The number of carbonyl (C=O) groups excluding carboxylic acids is 1. The van der Waals surface area contributed by atoms with Crippen molar-refractivity contribution in [1.82, 2.24) is 14.3 Å². The number of aryl methyl sites for hydroxylation is 2. The average molecular weight is 298 g/mol. The number of aromatic nitrogens is 3. The summed E-state index contributed by atoms with van der Waals surface area (Å²) in [5, 5.41) is 6.25. The van der Waals surface area contributed by atoms with Crippen molar-refractivity contribution in [2.24, 2.45) is 12.0 Å². The Morgan fingerprint density at radius 3 is 2.71 bits per heavy atom. The quantitative estimate of drug-likeness (QED) is 0.729. The normalized spacial score (nSPS) is 11.8. The zero-order valence-corrected chi connectivity index (χ0v) is 12.5. The molecule has 0 aliphatic heterocycles. The molecule has 0 saturated heterocycles. The maximum Gasteiger partial charge on any atom is 0.300 e. The Morgan fingerprint density at radius 1 is 1.29 bits per heavy atom. The monoisotopic (exact) mass is 298 g/mol. The molecule has 3 aromatic rings. The second-order valence-electron chi connectivity index (χ2n) is 4.63. The summed E-state index contributed by atoms with van der Waals surface area (Å²) < 4.78 is 3.56. The topological polar surface area (TPSA) is 52.2 Å². The number of rotatable bonds is 2. The number of benzene rings is 1. The van der Waals surface area contributed by atoms with Gasteiger partial charge in [0.2, 0.25) is 0 Å².